The Labute approximate surface area is 117 Å². The first-order chi connectivity index (χ1) is 8.30. The normalized spacial score (nSPS) is 13.9. The Bertz CT molecular complexity index is 403. The maximum atomic E-state index is 5.64. The summed E-state index contributed by atoms with van der Waals surface area (Å²) in [5.41, 5.74) is 4.80. The fraction of sp³-hybridized carbons (Fsp3) is 0.750. The van der Waals surface area contributed by atoms with Crippen molar-refractivity contribution in [3.05, 3.63) is 15.9 Å². The molecule has 0 aliphatic heterocycles. The van der Waals surface area contributed by atoms with E-state index in [4.69, 9.17) is 10.6 Å². The summed E-state index contributed by atoms with van der Waals surface area (Å²) in [4.78, 5) is 0. The van der Waals surface area contributed by atoms with Crippen LogP contribution in [0.2, 0.25) is 0 Å². The molecule has 0 aliphatic rings. The molecule has 5 nitrogen and oxygen atoms in total. The summed E-state index contributed by atoms with van der Waals surface area (Å²) in [6.45, 7) is 6.10. The van der Waals surface area contributed by atoms with Gasteiger partial charge in [0.15, 0.2) is 0 Å². The molecule has 0 amide bonds. The number of methoxy groups -OCH3 is 1. The highest BCUT2D eigenvalue weighted by Crippen LogP contribution is 2.24. The number of hydrogen-bond acceptors (Lipinski definition) is 4. The summed E-state index contributed by atoms with van der Waals surface area (Å²) in [5.74, 6) is 5.64. The van der Waals surface area contributed by atoms with Crippen molar-refractivity contribution in [1.82, 2.24) is 15.2 Å². The Hall–Kier alpha value is -0.430. The van der Waals surface area contributed by atoms with Crippen molar-refractivity contribution in [3.63, 3.8) is 0 Å². The van der Waals surface area contributed by atoms with Gasteiger partial charge in [-0.1, -0.05) is 0 Å². The van der Waals surface area contributed by atoms with Gasteiger partial charge >= 0.3 is 0 Å². The van der Waals surface area contributed by atoms with Gasteiger partial charge in [-0.3, -0.25) is 16.0 Å². The van der Waals surface area contributed by atoms with Gasteiger partial charge < -0.3 is 4.74 Å². The van der Waals surface area contributed by atoms with Crippen molar-refractivity contribution >= 4 is 15.9 Å². The fourth-order valence-electron chi connectivity index (χ4n) is 2.00. The zero-order valence-corrected chi connectivity index (χ0v) is 13.3. The number of ether oxygens (including phenoxy) is 1. The quantitative estimate of drug-likeness (QED) is 0.618. The number of hydrazine groups is 1. The number of aromatic nitrogens is 2. The molecule has 0 saturated heterocycles. The largest absolute Gasteiger partial charge is 0.379 e. The van der Waals surface area contributed by atoms with Gasteiger partial charge in [-0.25, -0.2) is 0 Å². The van der Waals surface area contributed by atoms with Crippen molar-refractivity contribution in [2.24, 2.45) is 12.9 Å². The average molecular weight is 319 g/mol. The number of hydrogen-bond donors (Lipinski definition) is 2. The van der Waals surface area contributed by atoms with E-state index in [1.54, 1.807) is 7.11 Å². The zero-order valence-electron chi connectivity index (χ0n) is 11.7. The second kappa shape index (κ2) is 6.14. The number of aryl methyl sites for hydroxylation is 2. The van der Waals surface area contributed by atoms with Crippen LogP contribution in [0.4, 0.5) is 0 Å². The van der Waals surface area contributed by atoms with Gasteiger partial charge in [-0.15, -0.1) is 0 Å². The minimum atomic E-state index is -0.197. The van der Waals surface area contributed by atoms with Crippen LogP contribution < -0.4 is 11.3 Å². The third-order valence-electron chi connectivity index (χ3n) is 3.23. The van der Waals surface area contributed by atoms with Crippen LogP contribution in [-0.2, 0) is 18.2 Å². The predicted octanol–water partition coefficient (Wildman–Crippen LogP) is 1.68. The summed E-state index contributed by atoms with van der Waals surface area (Å²) in [6.07, 6.45) is 1.64. The maximum Gasteiger partial charge on any atom is 0.0738 e. The molecule has 0 bridgehead atoms. The second-order valence-corrected chi connectivity index (χ2v) is 6.00. The Balaban J connectivity index is 2.80. The molecule has 1 heterocycles. The lowest BCUT2D eigenvalue weighted by atomic mass is 9.96. The number of nitrogens with one attached hydrogen (secondary N) is 1. The average Bonchev–Trinajstić information content (AvgIpc) is 2.54. The Kier molecular flexibility index (Phi) is 5.33. The van der Waals surface area contributed by atoms with Crippen molar-refractivity contribution in [2.75, 3.05) is 7.11 Å². The molecular formula is C12H23BrN4O. The molecule has 1 unspecified atom stereocenters. The molecule has 0 aliphatic carbocycles. The summed E-state index contributed by atoms with van der Waals surface area (Å²) >= 11 is 3.57. The summed E-state index contributed by atoms with van der Waals surface area (Å²) < 4.78 is 8.39. The SMILES string of the molecule is COC(C)(C)CC(Cc1c(Br)c(C)nn1C)NN. The zero-order chi connectivity index (χ0) is 13.9. The molecule has 6 heteroatoms. The van der Waals surface area contributed by atoms with Gasteiger partial charge in [0.25, 0.3) is 0 Å². The monoisotopic (exact) mass is 318 g/mol. The molecule has 1 aromatic rings. The molecule has 0 fully saturated rings. The Morgan fingerprint density at radius 2 is 2.17 bits per heavy atom. The van der Waals surface area contributed by atoms with Gasteiger partial charge in [0.2, 0.25) is 0 Å². The molecule has 1 atom stereocenters. The second-order valence-electron chi connectivity index (χ2n) is 5.21. The highest BCUT2D eigenvalue weighted by Gasteiger charge is 2.24. The molecular weight excluding hydrogens is 296 g/mol. The van der Waals surface area contributed by atoms with Crippen molar-refractivity contribution in [1.29, 1.82) is 0 Å². The van der Waals surface area contributed by atoms with Crippen LogP contribution >= 0.6 is 15.9 Å². The van der Waals surface area contributed by atoms with E-state index in [0.29, 0.717) is 0 Å². The molecule has 3 N–H and O–H groups in total. The van der Waals surface area contributed by atoms with Crippen LogP contribution in [0.3, 0.4) is 0 Å². The predicted molar refractivity (Wildman–Crippen MR) is 76.2 cm³/mol. The van der Waals surface area contributed by atoms with E-state index in [0.717, 1.165) is 28.7 Å². The van der Waals surface area contributed by atoms with E-state index in [1.807, 2.05) is 18.7 Å². The third kappa shape index (κ3) is 3.78. The molecule has 0 radical (unpaired) electrons. The number of rotatable bonds is 6. The van der Waals surface area contributed by atoms with Gasteiger partial charge in [0, 0.05) is 26.6 Å². The van der Waals surface area contributed by atoms with E-state index in [2.05, 4.69) is 40.3 Å². The Morgan fingerprint density at radius 3 is 2.56 bits per heavy atom. The molecule has 0 saturated carbocycles. The number of halogens is 1. The number of nitrogens with two attached hydrogens (primary N) is 1. The minimum Gasteiger partial charge on any atom is -0.379 e. The lowest BCUT2D eigenvalue weighted by Gasteiger charge is -2.28. The van der Waals surface area contributed by atoms with E-state index in [9.17, 15) is 0 Å². The van der Waals surface area contributed by atoms with E-state index in [-0.39, 0.29) is 11.6 Å². The summed E-state index contributed by atoms with van der Waals surface area (Å²) in [5, 5.41) is 4.38. The molecule has 1 aromatic heterocycles. The molecule has 18 heavy (non-hydrogen) atoms. The lowest BCUT2D eigenvalue weighted by molar-refractivity contribution is 0.00696. The van der Waals surface area contributed by atoms with Gasteiger partial charge in [-0.05, 0) is 43.1 Å². The van der Waals surface area contributed by atoms with Crippen molar-refractivity contribution in [2.45, 2.75) is 45.3 Å². The van der Waals surface area contributed by atoms with Crippen molar-refractivity contribution in [3.8, 4) is 0 Å². The Morgan fingerprint density at radius 1 is 1.56 bits per heavy atom. The van der Waals surface area contributed by atoms with E-state index >= 15 is 0 Å². The topological polar surface area (TPSA) is 65.1 Å². The third-order valence-corrected chi connectivity index (χ3v) is 4.26. The van der Waals surface area contributed by atoms with E-state index in [1.165, 1.54) is 0 Å². The highest BCUT2D eigenvalue weighted by atomic mass is 79.9. The smallest absolute Gasteiger partial charge is 0.0738 e. The minimum absolute atomic E-state index is 0.144. The van der Waals surface area contributed by atoms with Crippen LogP contribution in [0.25, 0.3) is 0 Å². The molecule has 104 valence electrons. The van der Waals surface area contributed by atoms with Gasteiger partial charge in [0.1, 0.15) is 0 Å². The van der Waals surface area contributed by atoms with E-state index < -0.39 is 0 Å². The van der Waals surface area contributed by atoms with Crippen LogP contribution in [0.1, 0.15) is 31.7 Å². The molecule has 0 spiro atoms. The van der Waals surface area contributed by atoms with Crippen LogP contribution in [0.5, 0.6) is 0 Å². The van der Waals surface area contributed by atoms with Gasteiger partial charge in [0.05, 0.1) is 21.5 Å². The fourth-order valence-corrected chi connectivity index (χ4v) is 2.50. The van der Waals surface area contributed by atoms with Crippen LogP contribution in [0, 0.1) is 6.92 Å². The lowest BCUT2D eigenvalue weighted by Crippen LogP contribution is -2.43. The first-order valence-electron chi connectivity index (χ1n) is 6.00. The first-order valence-corrected chi connectivity index (χ1v) is 6.79. The standard InChI is InChI=1S/C12H23BrN4O/c1-8-11(13)10(17(4)16-8)6-9(15-14)7-12(2,3)18-5/h9,15H,6-7,14H2,1-5H3. The van der Waals surface area contributed by atoms with Crippen molar-refractivity contribution < 1.29 is 4.74 Å². The molecule has 0 aromatic carbocycles. The van der Waals surface area contributed by atoms with Crippen LogP contribution in [0.15, 0.2) is 4.47 Å². The summed E-state index contributed by atoms with van der Waals surface area (Å²) in [7, 11) is 3.67. The highest BCUT2D eigenvalue weighted by molar-refractivity contribution is 9.10. The first kappa shape index (κ1) is 15.6. The van der Waals surface area contributed by atoms with Crippen LogP contribution in [-0.4, -0.2) is 28.5 Å². The van der Waals surface area contributed by atoms with Gasteiger partial charge in [-0.2, -0.15) is 5.10 Å². The number of nitrogens with zero attached hydrogens (tertiary/aromatic N) is 2. The summed E-state index contributed by atoms with van der Waals surface area (Å²) in [6, 6.07) is 0.144. The maximum absolute atomic E-state index is 5.64. The molecule has 1 rings (SSSR count).